The summed E-state index contributed by atoms with van der Waals surface area (Å²) in [5.74, 6) is 0.839. The lowest BCUT2D eigenvalue weighted by molar-refractivity contribution is -0.119. The maximum absolute atomic E-state index is 12.9. The topological polar surface area (TPSA) is 51.0 Å². The molecule has 1 aliphatic carbocycles. The van der Waals surface area contributed by atoms with Gasteiger partial charge in [-0.15, -0.1) is 10.2 Å². The van der Waals surface area contributed by atoms with Crippen LogP contribution in [0.15, 0.2) is 36.7 Å². The van der Waals surface area contributed by atoms with Gasteiger partial charge in [-0.1, -0.05) is 18.2 Å². The summed E-state index contributed by atoms with van der Waals surface area (Å²) in [6.45, 7) is 4.14. The van der Waals surface area contributed by atoms with Crippen molar-refractivity contribution in [1.82, 2.24) is 14.8 Å². The third-order valence-corrected chi connectivity index (χ3v) is 4.26. The summed E-state index contributed by atoms with van der Waals surface area (Å²) in [4.78, 5) is 14.8. The zero-order valence-corrected chi connectivity index (χ0v) is 13.1. The van der Waals surface area contributed by atoms with Crippen molar-refractivity contribution in [2.24, 2.45) is 0 Å². The predicted molar refractivity (Wildman–Crippen MR) is 85.7 cm³/mol. The molecule has 1 aromatic carbocycles. The lowest BCUT2D eigenvalue weighted by Crippen LogP contribution is -2.45. The SMILES string of the molecule is CC(C)n1cnnc1CC(=O)N(c1ccccc1)C1CCC1. The van der Waals surface area contributed by atoms with Crippen LogP contribution in [-0.4, -0.2) is 26.7 Å². The van der Waals surface area contributed by atoms with Crippen LogP contribution in [0.25, 0.3) is 0 Å². The number of anilines is 1. The summed E-state index contributed by atoms with van der Waals surface area (Å²) in [6.07, 6.45) is 5.35. The van der Waals surface area contributed by atoms with Crippen LogP contribution >= 0.6 is 0 Å². The number of carbonyl (C=O) groups is 1. The molecule has 3 rings (SSSR count). The van der Waals surface area contributed by atoms with Crippen molar-refractivity contribution in [2.45, 2.75) is 51.6 Å². The Kier molecular flexibility index (Phi) is 4.22. The summed E-state index contributed by atoms with van der Waals surface area (Å²) in [5.41, 5.74) is 0.979. The molecule has 1 saturated carbocycles. The second-order valence-corrected chi connectivity index (χ2v) is 6.11. The Morgan fingerprint density at radius 1 is 1.32 bits per heavy atom. The number of benzene rings is 1. The van der Waals surface area contributed by atoms with E-state index in [1.165, 1.54) is 6.42 Å². The van der Waals surface area contributed by atoms with Gasteiger partial charge in [0.05, 0.1) is 6.42 Å². The first-order valence-electron chi connectivity index (χ1n) is 7.92. The van der Waals surface area contributed by atoms with Gasteiger partial charge >= 0.3 is 0 Å². The number of carbonyl (C=O) groups excluding carboxylic acids is 1. The van der Waals surface area contributed by atoms with Gasteiger partial charge in [0.15, 0.2) is 0 Å². The number of amides is 1. The Labute approximate surface area is 131 Å². The molecule has 1 fully saturated rings. The normalized spacial score (nSPS) is 14.9. The molecule has 5 nitrogen and oxygen atoms in total. The van der Waals surface area contributed by atoms with E-state index in [4.69, 9.17) is 0 Å². The van der Waals surface area contributed by atoms with E-state index in [0.717, 1.165) is 24.4 Å². The Hall–Kier alpha value is -2.17. The summed E-state index contributed by atoms with van der Waals surface area (Å²) in [6, 6.07) is 10.5. The van der Waals surface area contributed by atoms with Crippen LogP contribution in [0.1, 0.15) is 45.0 Å². The van der Waals surface area contributed by atoms with E-state index in [-0.39, 0.29) is 11.9 Å². The van der Waals surface area contributed by atoms with Crippen molar-refractivity contribution in [1.29, 1.82) is 0 Å². The van der Waals surface area contributed by atoms with Gasteiger partial charge in [0.25, 0.3) is 0 Å². The van der Waals surface area contributed by atoms with Crippen molar-refractivity contribution in [2.75, 3.05) is 4.90 Å². The number of hydrogen-bond donors (Lipinski definition) is 0. The van der Waals surface area contributed by atoms with Gasteiger partial charge in [-0.3, -0.25) is 4.79 Å². The van der Waals surface area contributed by atoms with Gasteiger partial charge < -0.3 is 9.47 Å². The van der Waals surface area contributed by atoms with Crippen LogP contribution in [-0.2, 0) is 11.2 Å². The van der Waals surface area contributed by atoms with Crippen LogP contribution < -0.4 is 4.90 Å². The van der Waals surface area contributed by atoms with Crippen LogP contribution in [0.2, 0.25) is 0 Å². The molecule has 0 bridgehead atoms. The van der Waals surface area contributed by atoms with Crippen molar-refractivity contribution in [3.05, 3.63) is 42.5 Å². The van der Waals surface area contributed by atoms with E-state index in [9.17, 15) is 4.79 Å². The highest BCUT2D eigenvalue weighted by Gasteiger charge is 2.30. The lowest BCUT2D eigenvalue weighted by atomic mass is 9.90. The second-order valence-electron chi connectivity index (χ2n) is 6.11. The molecule has 1 aromatic heterocycles. The molecule has 5 heteroatoms. The van der Waals surface area contributed by atoms with Gasteiger partial charge in [0.2, 0.25) is 5.91 Å². The maximum atomic E-state index is 12.9. The van der Waals surface area contributed by atoms with Crippen molar-refractivity contribution < 1.29 is 4.79 Å². The van der Waals surface area contributed by atoms with E-state index in [0.29, 0.717) is 12.5 Å². The molecule has 0 spiro atoms. The summed E-state index contributed by atoms with van der Waals surface area (Å²) < 4.78 is 1.96. The fourth-order valence-electron chi connectivity index (χ4n) is 2.84. The Bertz CT molecular complexity index is 631. The first-order chi connectivity index (χ1) is 10.7. The number of nitrogens with zero attached hydrogens (tertiary/aromatic N) is 4. The highest BCUT2D eigenvalue weighted by atomic mass is 16.2. The van der Waals surface area contributed by atoms with Crippen LogP contribution in [0, 0.1) is 0 Å². The maximum Gasteiger partial charge on any atom is 0.234 e. The minimum absolute atomic E-state index is 0.103. The summed E-state index contributed by atoms with van der Waals surface area (Å²) >= 11 is 0. The average Bonchev–Trinajstić information content (AvgIpc) is 2.91. The smallest absolute Gasteiger partial charge is 0.234 e. The summed E-state index contributed by atoms with van der Waals surface area (Å²) in [5, 5.41) is 8.07. The van der Waals surface area contributed by atoms with E-state index >= 15 is 0 Å². The van der Waals surface area contributed by atoms with E-state index < -0.39 is 0 Å². The highest BCUT2D eigenvalue weighted by molar-refractivity contribution is 5.95. The third kappa shape index (κ3) is 2.89. The predicted octanol–water partition coefficient (Wildman–Crippen LogP) is 2.99. The zero-order chi connectivity index (χ0) is 15.5. The second kappa shape index (κ2) is 6.30. The lowest BCUT2D eigenvalue weighted by Gasteiger charge is -2.37. The molecular formula is C17H22N4O. The molecule has 0 unspecified atom stereocenters. The molecule has 0 atom stereocenters. The molecule has 116 valence electrons. The van der Waals surface area contributed by atoms with Crippen molar-refractivity contribution in [3.63, 3.8) is 0 Å². The number of para-hydroxylation sites is 1. The molecule has 1 amide bonds. The monoisotopic (exact) mass is 298 g/mol. The standard InChI is InChI=1S/C17H22N4O/c1-13(2)20-12-18-19-16(20)11-17(22)21(15-9-6-10-15)14-7-4-3-5-8-14/h3-5,7-8,12-13,15H,6,9-11H2,1-2H3. The van der Waals surface area contributed by atoms with Crippen LogP contribution in [0.5, 0.6) is 0 Å². The van der Waals surface area contributed by atoms with Gasteiger partial charge in [-0.25, -0.2) is 0 Å². The minimum atomic E-state index is 0.103. The average molecular weight is 298 g/mol. The largest absolute Gasteiger partial charge is 0.315 e. The van der Waals surface area contributed by atoms with Gasteiger partial charge in [0.1, 0.15) is 12.2 Å². The van der Waals surface area contributed by atoms with Gasteiger partial charge in [-0.05, 0) is 45.2 Å². The first-order valence-corrected chi connectivity index (χ1v) is 7.92. The highest BCUT2D eigenvalue weighted by Crippen LogP contribution is 2.30. The molecule has 1 aliphatic rings. The Morgan fingerprint density at radius 2 is 2.05 bits per heavy atom. The first kappa shape index (κ1) is 14.8. The molecule has 0 aliphatic heterocycles. The quantitative estimate of drug-likeness (QED) is 0.852. The fraction of sp³-hybridized carbons (Fsp3) is 0.471. The fourth-order valence-corrected chi connectivity index (χ4v) is 2.84. The molecule has 0 N–H and O–H groups in total. The molecule has 1 heterocycles. The van der Waals surface area contributed by atoms with Crippen molar-refractivity contribution >= 4 is 11.6 Å². The van der Waals surface area contributed by atoms with Gasteiger partial charge in [-0.2, -0.15) is 0 Å². The molecule has 22 heavy (non-hydrogen) atoms. The van der Waals surface area contributed by atoms with E-state index in [1.807, 2.05) is 39.8 Å². The Balaban J connectivity index is 1.82. The molecular weight excluding hydrogens is 276 g/mol. The van der Waals surface area contributed by atoms with E-state index in [1.54, 1.807) is 6.33 Å². The minimum Gasteiger partial charge on any atom is -0.315 e. The van der Waals surface area contributed by atoms with E-state index in [2.05, 4.69) is 24.0 Å². The molecule has 0 radical (unpaired) electrons. The van der Waals surface area contributed by atoms with Crippen molar-refractivity contribution in [3.8, 4) is 0 Å². The zero-order valence-electron chi connectivity index (χ0n) is 13.1. The summed E-state index contributed by atoms with van der Waals surface area (Å²) in [7, 11) is 0. The number of hydrogen-bond acceptors (Lipinski definition) is 3. The van der Waals surface area contributed by atoms with Crippen LogP contribution in [0.3, 0.4) is 0 Å². The molecule has 0 saturated heterocycles. The Morgan fingerprint density at radius 3 is 2.64 bits per heavy atom. The molecule has 2 aromatic rings. The van der Waals surface area contributed by atoms with Gasteiger partial charge in [0, 0.05) is 17.8 Å². The number of rotatable bonds is 5. The third-order valence-electron chi connectivity index (χ3n) is 4.26. The number of aromatic nitrogens is 3. The van der Waals surface area contributed by atoms with Crippen LogP contribution in [0.4, 0.5) is 5.69 Å².